The fourth-order valence-corrected chi connectivity index (χ4v) is 1.83. The number of carbonyl (C=O) groups is 1. The normalized spacial score (nSPS) is 19.8. The molecule has 1 saturated carbocycles. The van der Waals surface area contributed by atoms with E-state index < -0.39 is 11.5 Å². The molecule has 1 aliphatic carbocycles. The zero-order valence-electron chi connectivity index (χ0n) is 10.6. The van der Waals surface area contributed by atoms with Crippen molar-refractivity contribution in [2.75, 3.05) is 20.1 Å². The van der Waals surface area contributed by atoms with E-state index in [4.69, 9.17) is 0 Å². The van der Waals surface area contributed by atoms with Gasteiger partial charge in [-0.3, -0.25) is 10.1 Å². The van der Waals surface area contributed by atoms with Crippen LogP contribution >= 0.6 is 0 Å². The summed E-state index contributed by atoms with van der Waals surface area (Å²) in [7, 11) is 2.04. The zero-order chi connectivity index (χ0) is 12.2. The number of hydrogen-bond donors (Lipinski definition) is 2. The summed E-state index contributed by atoms with van der Waals surface area (Å²) in [6.07, 6.45) is 4.01. The lowest BCUT2D eigenvalue weighted by atomic mass is 9.97. The van der Waals surface area contributed by atoms with Gasteiger partial charge in [-0.25, -0.2) is 0 Å². The average molecular weight is 228 g/mol. The van der Waals surface area contributed by atoms with E-state index >= 15 is 0 Å². The summed E-state index contributed by atoms with van der Waals surface area (Å²) >= 11 is 0. The maximum absolute atomic E-state index is 11.3. The fraction of sp³-hybridized carbons (Fsp3) is 0.917. The molecule has 16 heavy (non-hydrogen) atoms. The molecule has 0 spiro atoms. The molecule has 1 fully saturated rings. The lowest BCUT2D eigenvalue weighted by molar-refractivity contribution is -0.144. The second-order valence-electron chi connectivity index (χ2n) is 5.11. The number of nitrogens with one attached hydrogen (secondary N) is 1. The number of carboxylic acid groups (broad SMARTS) is 1. The molecule has 0 radical (unpaired) electrons. The fourth-order valence-electron chi connectivity index (χ4n) is 1.83. The minimum atomic E-state index is -0.761. The van der Waals surface area contributed by atoms with Crippen LogP contribution in [0.25, 0.3) is 0 Å². The first-order valence-electron chi connectivity index (χ1n) is 6.17. The molecule has 0 heterocycles. The smallest absolute Gasteiger partial charge is 0.323 e. The average Bonchev–Trinajstić information content (AvgIpc) is 2.99. The molecule has 0 aromatic heterocycles. The van der Waals surface area contributed by atoms with Crippen LogP contribution < -0.4 is 5.32 Å². The van der Waals surface area contributed by atoms with Crippen molar-refractivity contribution < 1.29 is 9.90 Å². The van der Waals surface area contributed by atoms with E-state index in [1.165, 1.54) is 0 Å². The predicted molar refractivity (Wildman–Crippen MR) is 64.6 cm³/mol. The van der Waals surface area contributed by atoms with Crippen molar-refractivity contribution in [3.63, 3.8) is 0 Å². The van der Waals surface area contributed by atoms with Gasteiger partial charge in [0.15, 0.2) is 0 Å². The van der Waals surface area contributed by atoms with Gasteiger partial charge >= 0.3 is 5.97 Å². The molecule has 0 bridgehead atoms. The molecule has 0 aromatic rings. The van der Waals surface area contributed by atoms with Gasteiger partial charge < -0.3 is 10.0 Å². The Labute approximate surface area is 98.0 Å². The van der Waals surface area contributed by atoms with E-state index in [9.17, 15) is 9.90 Å². The third kappa shape index (κ3) is 4.10. The molecule has 94 valence electrons. The van der Waals surface area contributed by atoms with Gasteiger partial charge in [0.25, 0.3) is 0 Å². The standard InChI is InChI=1S/C12H24N2O2/c1-4-8-14(3)9-7-12(2,11(15)16)13-10-5-6-10/h10,13H,4-9H2,1-3H3,(H,15,16). The van der Waals surface area contributed by atoms with Crippen LogP contribution in [0, 0.1) is 0 Å². The number of rotatable bonds is 8. The Balaban J connectivity index is 2.40. The topological polar surface area (TPSA) is 52.6 Å². The zero-order valence-corrected chi connectivity index (χ0v) is 10.6. The van der Waals surface area contributed by atoms with Crippen molar-refractivity contribution in [2.24, 2.45) is 0 Å². The molecule has 0 amide bonds. The molecule has 1 aliphatic rings. The Hall–Kier alpha value is -0.610. The van der Waals surface area contributed by atoms with E-state index in [0.29, 0.717) is 12.5 Å². The van der Waals surface area contributed by atoms with Crippen LogP contribution in [0.3, 0.4) is 0 Å². The molecule has 0 aromatic carbocycles. The van der Waals surface area contributed by atoms with Gasteiger partial charge in [0.05, 0.1) is 0 Å². The molecule has 2 N–H and O–H groups in total. The first kappa shape index (κ1) is 13.5. The van der Waals surface area contributed by atoms with Crippen LogP contribution in [-0.4, -0.2) is 47.7 Å². The van der Waals surface area contributed by atoms with E-state index in [1.54, 1.807) is 6.92 Å². The largest absolute Gasteiger partial charge is 0.480 e. The maximum Gasteiger partial charge on any atom is 0.323 e. The number of carboxylic acids is 1. The number of aliphatic carboxylic acids is 1. The van der Waals surface area contributed by atoms with Crippen molar-refractivity contribution in [1.29, 1.82) is 0 Å². The summed E-state index contributed by atoms with van der Waals surface area (Å²) in [5.74, 6) is -0.732. The Morgan fingerprint density at radius 1 is 1.50 bits per heavy atom. The van der Waals surface area contributed by atoms with Crippen LogP contribution in [0.4, 0.5) is 0 Å². The van der Waals surface area contributed by atoms with Crippen LogP contribution in [0.2, 0.25) is 0 Å². The molecule has 1 unspecified atom stereocenters. The lowest BCUT2D eigenvalue weighted by Gasteiger charge is -2.28. The third-order valence-electron chi connectivity index (χ3n) is 3.17. The highest BCUT2D eigenvalue weighted by Gasteiger charge is 2.38. The van der Waals surface area contributed by atoms with Gasteiger partial charge in [0, 0.05) is 12.6 Å². The summed E-state index contributed by atoms with van der Waals surface area (Å²) in [5.41, 5.74) is -0.761. The summed E-state index contributed by atoms with van der Waals surface area (Å²) in [6, 6.07) is 0.428. The SMILES string of the molecule is CCCN(C)CCC(C)(NC1CC1)C(=O)O. The Kier molecular flexibility index (Phi) is 4.74. The molecule has 1 rings (SSSR count). The summed E-state index contributed by atoms with van der Waals surface area (Å²) in [6.45, 7) is 5.79. The van der Waals surface area contributed by atoms with Crippen molar-refractivity contribution in [2.45, 2.75) is 51.1 Å². The summed E-state index contributed by atoms with van der Waals surface area (Å²) in [4.78, 5) is 13.5. The van der Waals surface area contributed by atoms with Gasteiger partial charge in [-0.05, 0) is 46.2 Å². The summed E-state index contributed by atoms with van der Waals surface area (Å²) < 4.78 is 0. The van der Waals surface area contributed by atoms with Crippen LogP contribution in [0.5, 0.6) is 0 Å². The van der Waals surface area contributed by atoms with Gasteiger partial charge in [-0.2, -0.15) is 0 Å². The van der Waals surface area contributed by atoms with E-state index in [0.717, 1.165) is 32.4 Å². The molecular weight excluding hydrogens is 204 g/mol. The van der Waals surface area contributed by atoms with Crippen LogP contribution in [-0.2, 0) is 4.79 Å². The Bertz CT molecular complexity index is 241. The minimum absolute atomic E-state index is 0.428. The van der Waals surface area contributed by atoms with Gasteiger partial charge in [-0.1, -0.05) is 6.92 Å². The van der Waals surface area contributed by atoms with Gasteiger partial charge in [0.1, 0.15) is 5.54 Å². The minimum Gasteiger partial charge on any atom is -0.480 e. The predicted octanol–water partition coefficient (Wildman–Crippen LogP) is 1.31. The molecule has 1 atom stereocenters. The van der Waals surface area contributed by atoms with Crippen molar-refractivity contribution in [1.82, 2.24) is 10.2 Å². The van der Waals surface area contributed by atoms with Crippen molar-refractivity contribution in [3.05, 3.63) is 0 Å². The van der Waals surface area contributed by atoms with E-state index in [2.05, 4.69) is 17.1 Å². The van der Waals surface area contributed by atoms with Gasteiger partial charge in [0.2, 0.25) is 0 Å². The highest BCUT2D eigenvalue weighted by atomic mass is 16.4. The molecule has 0 aliphatic heterocycles. The number of nitrogens with zero attached hydrogens (tertiary/aromatic N) is 1. The highest BCUT2D eigenvalue weighted by molar-refractivity contribution is 5.78. The third-order valence-corrected chi connectivity index (χ3v) is 3.17. The van der Waals surface area contributed by atoms with Gasteiger partial charge in [-0.15, -0.1) is 0 Å². The van der Waals surface area contributed by atoms with Crippen LogP contribution in [0.1, 0.15) is 39.5 Å². The number of hydrogen-bond acceptors (Lipinski definition) is 3. The second-order valence-corrected chi connectivity index (χ2v) is 5.11. The Morgan fingerprint density at radius 2 is 2.12 bits per heavy atom. The lowest BCUT2D eigenvalue weighted by Crippen LogP contribution is -2.52. The highest BCUT2D eigenvalue weighted by Crippen LogP contribution is 2.24. The molecule has 4 heteroatoms. The maximum atomic E-state index is 11.3. The molecular formula is C12H24N2O2. The second kappa shape index (κ2) is 5.64. The quantitative estimate of drug-likeness (QED) is 0.658. The molecule has 4 nitrogen and oxygen atoms in total. The van der Waals surface area contributed by atoms with Crippen molar-refractivity contribution in [3.8, 4) is 0 Å². The first-order chi connectivity index (χ1) is 7.48. The Morgan fingerprint density at radius 3 is 2.56 bits per heavy atom. The monoisotopic (exact) mass is 228 g/mol. The van der Waals surface area contributed by atoms with Crippen molar-refractivity contribution >= 4 is 5.97 Å². The van der Waals surface area contributed by atoms with E-state index in [1.807, 2.05) is 7.05 Å². The van der Waals surface area contributed by atoms with Crippen LogP contribution in [0.15, 0.2) is 0 Å². The summed E-state index contributed by atoms with van der Waals surface area (Å²) in [5, 5.41) is 12.5. The van der Waals surface area contributed by atoms with E-state index in [-0.39, 0.29) is 0 Å². The molecule has 0 saturated heterocycles. The first-order valence-corrected chi connectivity index (χ1v) is 6.17.